The molecule has 1 saturated heterocycles. The Morgan fingerprint density at radius 1 is 1.60 bits per heavy atom. The Balaban J connectivity index is 2.78. The molecule has 1 aliphatic rings. The Morgan fingerprint density at radius 3 is 2.80 bits per heavy atom. The smallest absolute Gasteiger partial charge is 0.324 e. The van der Waals surface area contributed by atoms with E-state index in [4.69, 9.17) is 16.3 Å². The van der Waals surface area contributed by atoms with Gasteiger partial charge in [0.15, 0.2) is 0 Å². The molecule has 1 unspecified atom stereocenters. The molecule has 5 nitrogen and oxygen atoms in total. The molecular weight excluding hydrogens is 242 g/mol. The second-order valence-corrected chi connectivity index (χ2v) is 5.75. The first kappa shape index (κ1) is 12.7. The summed E-state index contributed by atoms with van der Waals surface area (Å²) in [6.07, 6.45) is 1.18. The summed E-state index contributed by atoms with van der Waals surface area (Å²) in [5.41, 5.74) is 0. The maximum atomic E-state index is 11.5. The average Bonchev–Trinajstić information content (AvgIpc) is 2.67. The highest BCUT2D eigenvalue weighted by Gasteiger charge is 2.38. The molecule has 7 heteroatoms. The highest BCUT2D eigenvalue weighted by molar-refractivity contribution is 7.90. The normalized spacial score (nSPS) is 22.9. The van der Waals surface area contributed by atoms with Crippen molar-refractivity contribution in [1.29, 1.82) is 0 Å². The molecule has 0 aromatic carbocycles. The SMILES string of the molecule is CCOC(=O)C1CCCN1S(=O)(=O)CCl. The minimum absolute atomic E-state index is 0.254. The predicted octanol–water partition coefficient (Wildman–Crippen LogP) is 0.540. The summed E-state index contributed by atoms with van der Waals surface area (Å²) in [6.45, 7) is 2.29. The molecular formula is C8H14ClNO4S. The Hall–Kier alpha value is -0.330. The first-order valence-corrected chi connectivity index (χ1v) is 6.89. The first-order chi connectivity index (χ1) is 7.03. The monoisotopic (exact) mass is 255 g/mol. The Bertz CT molecular complexity index is 330. The molecule has 0 aromatic heterocycles. The fourth-order valence-electron chi connectivity index (χ4n) is 1.61. The molecule has 1 atom stereocenters. The predicted molar refractivity (Wildman–Crippen MR) is 56.0 cm³/mol. The zero-order valence-corrected chi connectivity index (χ0v) is 10.1. The van der Waals surface area contributed by atoms with Gasteiger partial charge in [-0.15, -0.1) is 11.6 Å². The molecule has 0 aliphatic carbocycles. The van der Waals surface area contributed by atoms with E-state index in [0.29, 0.717) is 19.4 Å². The van der Waals surface area contributed by atoms with E-state index in [1.165, 1.54) is 0 Å². The van der Waals surface area contributed by atoms with Gasteiger partial charge >= 0.3 is 5.97 Å². The maximum Gasteiger partial charge on any atom is 0.324 e. The lowest BCUT2D eigenvalue weighted by Gasteiger charge is -2.20. The van der Waals surface area contributed by atoms with Crippen LogP contribution in [0.15, 0.2) is 0 Å². The molecule has 0 bridgehead atoms. The van der Waals surface area contributed by atoms with Crippen LogP contribution in [0.1, 0.15) is 19.8 Å². The van der Waals surface area contributed by atoms with Crippen molar-refractivity contribution < 1.29 is 17.9 Å². The van der Waals surface area contributed by atoms with Crippen LogP contribution in [0.2, 0.25) is 0 Å². The molecule has 0 N–H and O–H groups in total. The summed E-state index contributed by atoms with van der Waals surface area (Å²) in [5.74, 6) is -0.483. The van der Waals surface area contributed by atoms with Gasteiger partial charge in [-0.2, -0.15) is 4.31 Å². The van der Waals surface area contributed by atoms with Gasteiger partial charge in [-0.05, 0) is 19.8 Å². The van der Waals surface area contributed by atoms with Crippen LogP contribution in [0.4, 0.5) is 0 Å². The third-order valence-corrected chi connectivity index (χ3v) is 4.51. The largest absolute Gasteiger partial charge is 0.465 e. The molecule has 0 amide bonds. The molecule has 1 fully saturated rings. The number of rotatable bonds is 4. The van der Waals surface area contributed by atoms with Gasteiger partial charge in [-0.3, -0.25) is 4.79 Å². The number of halogens is 1. The molecule has 0 radical (unpaired) electrons. The van der Waals surface area contributed by atoms with Crippen LogP contribution in [-0.2, 0) is 19.6 Å². The van der Waals surface area contributed by atoms with Crippen LogP contribution in [0, 0.1) is 0 Å². The van der Waals surface area contributed by atoms with Crippen LogP contribution in [0.3, 0.4) is 0 Å². The van der Waals surface area contributed by atoms with Crippen molar-refractivity contribution in [3.63, 3.8) is 0 Å². The molecule has 0 aromatic rings. The Kier molecular flexibility index (Phi) is 4.36. The van der Waals surface area contributed by atoms with Crippen LogP contribution >= 0.6 is 11.6 Å². The second-order valence-electron chi connectivity index (χ2n) is 3.24. The van der Waals surface area contributed by atoms with Gasteiger partial charge in [0.05, 0.1) is 6.61 Å². The molecule has 1 heterocycles. The minimum Gasteiger partial charge on any atom is -0.465 e. The average molecular weight is 256 g/mol. The van der Waals surface area contributed by atoms with Crippen molar-refractivity contribution >= 4 is 27.6 Å². The molecule has 1 rings (SSSR count). The molecule has 15 heavy (non-hydrogen) atoms. The number of hydrogen-bond donors (Lipinski definition) is 0. The van der Waals surface area contributed by atoms with Crippen molar-refractivity contribution in [2.24, 2.45) is 0 Å². The number of sulfonamides is 1. The van der Waals surface area contributed by atoms with E-state index >= 15 is 0 Å². The fraction of sp³-hybridized carbons (Fsp3) is 0.875. The van der Waals surface area contributed by atoms with Crippen LogP contribution in [0.25, 0.3) is 0 Å². The van der Waals surface area contributed by atoms with Gasteiger partial charge in [0, 0.05) is 6.54 Å². The quantitative estimate of drug-likeness (QED) is 0.543. The fourth-order valence-corrected chi connectivity index (χ4v) is 3.10. The van der Waals surface area contributed by atoms with Gasteiger partial charge < -0.3 is 4.74 Å². The zero-order valence-electron chi connectivity index (χ0n) is 8.48. The standard InChI is InChI=1S/C8H14ClNO4S/c1-2-14-8(11)7-4-3-5-10(7)15(12,13)6-9/h7H,2-6H2,1H3. The number of nitrogens with zero attached hydrogens (tertiary/aromatic N) is 1. The van der Waals surface area contributed by atoms with Crippen molar-refractivity contribution in [2.75, 3.05) is 18.4 Å². The van der Waals surface area contributed by atoms with Crippen LogP contribution in [0.5, 0.6) is 0 Å². The number of carbonyl (C=O) groups excluding carboxylic acids is 1. The van der Waals surface area contributed by atoms with Gasteiger partial charge in [-0.25, -0.2) is 8.42 Å². The zero-order chi connectivity index (χ0) is 11.5. The lowest BCUT2D eigenvalue weighted by atomic mass is 10.2. The molecule has 1 aliphatic heterocycles. The van der Waals surface area contributed by atoms with Gasteiger partial charge in [-0.1, -0.05) is 0 Å². The van der Waals surface area contributed by atoms with E-state index in [9.17, 15) is 13.2 Å². The highest BCUT2D eigenvalue weighted by Crippen LogP contribution is 2.22. The number of ether oxygens (including phenoxy) is 1. The summed E-state index contributed by atoms with van der Waals surface area (Å²) >= 11 is 5.34. The summed E-state index contributed by atoms with van der Waals surface area (Å²) in [5, 5.41) is -0.497. The number of hydrogen-bond acceptors (Lipinski definition) is 4. The van der Waals surface area contributed by atoms with E-state index in [1.54, 1.807) is 6.92 Å². The van der Waals surface area contributed by atoms with E-state index < -0.39 is 27.2 Å². The lowest BCUT2D eigenvalue weighted by Crippen LogP contribution is -2.41. The molecule has 0 saturated carbocycles. The number of esters is 1. The van der Waals surface area contributed by atoms with Crippen molar-refractivity contribution in [3.8, 4) is 0 Å². The summed E-state index contributed by atoms with van der Waals surface area (Å²) in [7, 11) is -3.51. The summed E-state index contributed by atoms with van der Waals surface area (Å²) < 4.78 is 29.0. The summed E-state index contributed by atoms with van der Waals surface area (Å²) in [6, 6.07) is -0.686. The Morgan fingerprint density at radius 2 is 2.27 bits per heavy atom. The van der Waals surface area contributed by atoms with Gasteiger partial charge in [0.2, 0.25) is 10.0 Å². The number of carbonyl (C=O) groups is 1. The summed E-state index contributed by atoms with van der Waals surface area (Å²) in [4.78, 5) is 11.4. The third-order valence-electron chi connectivity index (χ3n) is 2.26. The second kappa shape index (κ2) is 5.14. The highest BCUT2D eigenvalue weighted by atomic mass is 35.5. The molecule has 0 spiro atoms. The van der Waals surface area contributed by atoms with E-state index in [1.807, 2.05) is 0 Å². The van der Waals surface area contributed by atoms with Crippen LogP contribution in [-0.4, -0.2) is 43.1 Å². The lowest BCUT2D eigenvalue weighted by molar-refractivity contribution is -0.146. The maximum absolute atomic E-state index is 11.5. The first-order valence-electron chi connectivity index (χ1n) is 4.75. The topological polar surface area (TPSA) is 63.7 Å². The molecule has 88 valence electrons. The van der Waals surface area contributed by atoms with E-state index in [0.717, 1.165) is 4.31 Å². The number of alkyl halides is 1. The van der Waals surface area contributed by atoms with Crippen molar-refractivity contribution in [1.82, 2.24) is 4.31 Å². The van der Waals surface area contributed by atoms with Gasteiger partial charge in [0.25, 0.3) is 0 Å². The van der Waals surface area contributed by atoms with Crippen molar-refractivity contribution in [2.45, 2.75) is 25.8 Å². The minimum atomic E-state index is -3.51. The van der Waals surface area contributed by atoms with Gasteiger partial charge in [0.1, 0.15) is 11.3 Å². The van der Waals surface area contributed by atoms with Crippen molar-refractivity contribution in [3.05, 3.63) is 0 Å². The van der Waals surface area contributed by atoms with E-state index in [2.05, 4.69) is 0 Å². The van der Waals surface area contributed by atoms with Crippen LogP contribution < -0.4 is 0 Å². The third kappa shape index (κ3) is 2.83. The van der Waals surface area contributed by atoms with E-state index in [-0.39, 0.29) is 6.61 Å². The Labute approximate surface area is 94.4 Å².